The second-order valence-corrected chi connectivity index (χ2v) is 9.37. The largest absolute Gasteiger partial charge is 0.415 e. The Morgan fingerprint density at radius 2 is 1.74 bits per heavy atom. The summed E-state index contributed by atoms with van der Waals surface area (Å²) in [7, 11) is -3.89. The van der Waals surface area contributed by atoms with Crippen LogP contribution in [0.3, 0.4) is 0 Å². The number of carbonyl (C=O) groups is 1. The van der Waals surface area contributed by atoms with E-state index in [2.05, 4.69) is 5.16 Å². The summed E-state index contributed by atoms with van der Waals surface area (Å²) in [6.45, 7) is 3.98. The lowest BCUT2D eigenvalue weighted by atomic mass is 10.1. The molecule has 3 aromatic rings. The molecular weight excluding hydrogens is 456 g/mol. The minimum atomic E-state index is -3.89. The molecule has 0 aromatic heterocycles. The number of amidine groups is 1. The van der Waals surface area contributed by atoms with Crippen molar-refractivity contribution in [1.82, 2.24) is 4.90 Å². The highest BCUT2D eigenvalue weighted by Gasteiger charge is 2.20. The molecule has 0 bridgehead atoms. The Balaban J connectivity index is 1.78. The molecule has 0 heterocycles. The number of primary sulfonamides is 1. The van der Waals surface area contributed by atoms with Crippen LogP contribution in [0.1, 0.15) is 25.0 Å². The third-order valence-electron chi connectivity index (χ3n) is 5.11. The normalized spacial score (nSPS) is 11.9. The average Bonchev–Trinajstić information content (AvgIpc) is 2.82. The minimum Gasteiger partial charge on any atom is -0.410 e. The monoisotopic (exact) mass is 482 g/mol. The summed E-state index contributed by atoms with van der Waals surface area (Å²) in [6, 6.07) is 19.8. The van der Waals surface area contributed by atoms with Crippen LogP contribution in [0.4, 0.5) is 4.79 Å². The van der Waals surface area contributed by atoms with Crippen molar-refractivity contribution in [3.05, 3.63) is 83.9 Å². The zero-order valence-corrected chi connectivity index (χ0v) is 19.6. The number of carbonyl (C=O) groups excluding carboxylic acids is 1. The highest BCUT2D eigenvalue weighted by molar-refractivity contribution is 7.89. The Bertz CT molecular complexity index is 1300. The van der Waals surface area contributed by atoms with Crippen molar-refractivity contribution in [2.24, 2.45) is 16.0 Å². The van der Waals surface area contributed by atoms with Gasteiger partial charge in [-0.05, 0) is 49.2 Å². The van der Waals surface area contributed by atoms with Gasteiger partial charge in [-0.15, -0.1) is 0 Å². The van der Waals surface area contributed by atoms with Crippen molar-refractivity contribution in [3.8, 4) is 16.9 Å². The van der Waals surface area contributed by atoms with Crippen LogP contribution in [-0.2, 0) is 16.6 Å². The van der Waals surface area contributed by atoms with Gasteiger partial charge >= 0.3 is 6.09 Å². The molecule has 178 valence electrons. The van der Waals surface area contributed by atoms with Crippen LogP contribution >= 0.6 is 0 Å². The summed E-state index contributed by atoms with van der Waals surface area (Å²) in [6.07, 6.45) is -0.554. The molecule has 1 amide bonds. The number of ether oxygens (including phenoxy) is 1. The molecule has 0 aliphatic heterocycles. The number of benzene rings is 3. The number of sulfonamides is 1. The van der Waals surface area contributed by atoms with Gasteiger partial charge in [0.25, 0.3) is 0 Å². The van der Waals surface area contributed by atoms with Crippen molar-refractivity contribution in [2.75, 3.05) is 0 Å². The fourth-order valence-corrected chi connectivity index (χ4v) is 4.12. The Morgan fingerprint density at radius 3 is 2.35 bits per heavy atom. The van der Waals surface area contributed by atoms with E-state index in [9.17, 15) is 13.2 Å². The molecule has 0 spiro atoms. The first kappa shape index (κ1) is 24.7. The molecule has 0 saturated heterocycles. The van der Waals surface area contributed by atoms with E-state index in [-0.39, 0.29) is 23.3 Å². The number of oxime groups is 1. The fraction of sp³-hybridized carbons (Fsp3) is 0.167. The maximum absolute atomic E-state index is 12.9. The van der Waals surface area contributed by atoms with Gasteiger partial charge in [0.15, 0.2) is 5.84 Å². The predicted octanol–water partition coefficient (Wildman–Crippen LogP) is 3.50. The zero-order valence-electron chi connectivity index (χ0n) is 18.8. The minimum absolute atomic E-state index is 0.0137. The summed E-state index contributed by atoms with van der Waals surface area (Å²) in [4.78, 5) is 14.4. The lowest BCUT2D eigenvalue weighted by molar-refractivity contribution is 0.135. The quantitative estimate of drug-likeness (QED) is 0.203. The summed E-state index contributed by atoms with van der Waals surface area (Å²) in [5.41, 5.74) is 8.05. The number of nitrogens with two attached hydrogens (primary N) is 2. The Labute approximate surface area is 198 Å². The van der Waals surface area contributed by atoms with E-state index >= 15 is 0 Å². The Hall–Kier alpha value is -3.89. The maximum atomic E-state index is 12.9. The topological polar surface area (TPSA) is 148 Å². The van der Waals surface area contributed by atoms with Crippen LogP contribution in [0.2, 0.25) is 0 Å². The molecule has 0 radical (unpaired) electrons. The zero-order chi connectivity index (χ0) is 24.9. The van der Waals surface area contributed by atoms with Crippen molar-refractivity contribution >= 4 is 22.0 Å². The molecule has 34 heavy (non-hydrogen) atoms. The summed E-state index contributed by atoms with van der Waals surface area (Å²) >= 11 is 0. The molecule has 0 aliphatic carbocycles. The van der Waals surface area contributed by atoms with Gasteiger partial charge < -0.3 is 20.6 Å². The van der Waals surface area contributed by atoms with Crippen molar-refractivity contribution < 1.29 is 23.2 Å². The first-order valence-electron chi connectivity index (χ1n) is 10.4. The van der Waals surface area contributed by atoms with E-state index in [1.807, 2.05) is 19.9 Å². The second kappa shape index (κ2) is 10.4. The summed E-state index contributed by atoms with van der Waals surface area (Å²) in [5.74, 6) is 0.280. The van der Waals surface area contributed by atoms with Crippen LogP contribution in [0, 0.1) is 0 Å². The second-order valence-electron chi connectivity index (χ2n) is 7.84. The number of hydrogen-bond donors (Lipinski definition) is 3. The number of amides is 1. The molecule has 3 aromatic carbocycles. The maximum Gasteiger partial charge on any atom is 0.415 e. The highest BCUT2D eigenvalue weighted by Crippen LogP contribution is 2.28. The summed E-state index contributed by atoms with van der Waals surface area (Å²) < 4.78 is 29.3. The molecule has 3 rings (SSSR count). The molecule has 9 nitrogen and oxygen atoms in total. The van der Waals surface area contributed by atoms with Crippen LogP contribution in [0.15, 0.2) is 82.8 Å². The van der Waals surface area contributed by atoms with Crippen LogP contribution in [-0.4, -0.2) is 36.5 Å². The van der Waals surface area contributed by atoms with Crippen molar-refractivity contribution in [2.45, 2.75) is 31.3 Å². The predicted molar refractivity (Wildman–Crippen MR) is 129 cm³/mol. The van der Waals surface area contributed by atoms with Crippen LogP contribution < -0.4 is 15.6 Å². The lowest BCUT2D eigenvalue weighted by Gasteiger charge is -2.26. The molecule has 0 atom stereocenters. The molecule has 0 fully saturated rings. The molecule has 0 aliphatic rings. The van der Waals surface area contributed by atoms with Crippen molar-refractivity contribution in [1.29, 1.82) is 0 Å². The van der Waals surface area contributed by atoms with Gasteiger partial charge in [0.05, 0.1) is 4.90 Å². The number of nitrogens with zero attached hydrogens (tertiary/aromatic N) is 2. The van der Waals surface area contributed by atoms with E-state index in [1.165, 1.54) is 11.0 Å². The first-order valence-corrected chi connectivity index (χ1v) is 11.9. The fourth-order valence-electron chi connectivity index (χ4n) is 3.36. The van der Waals surface area contributed by atoms with E-state index in [1.54, 1.807) is 60.7 Å². The Morgan fingerprint density at radius 1 is 1.06 bits per heavy atom. The third kappa shape index (κ3) is 5.91. The van der Waals surface area contributed by atoms with Gasteiger partial charge in [0.2, 0.25) is 10.0 Å². The SMILES string of the molecule is CC(C)N(Cc1cccc(C(N)=NO)c1)C(=O)Oc1ccc(-c2ccccc2S(N)(=O)=O)cc1. The standard InChI is InChI=1S/C24H26N4O5S/c1-16(2)28(15-17-6-5-7-19(14-17)23(25)27-30)24(29)33-20-12-10-18(11-13-20)21-8-3-4-9-22(21)34(26,31)32/h3-14,16,30H,15H2,1-2H3,(H2,25,27)(H2,26,31,32). The van der Waals surface area contributed by atoms with Crippen LogP contribution in [0.5, 0.6) is 5.75 Å². The van der Waals surface area contributed by atoms with Gasteiger partial charge in [0, 0.05) is 23.7 Å². The lowest BCUT2D eigenvalue weighted by Crippen LogP contribution is -2.38. The molecular formula is C24H26N4O5S. The molecule has 10 heteroatoms. The summed E-state index contributed by atoms with van der Waals surface area (Å²) in [5, 5.41) is 17.2. The van der Waals surface area contributed by atoms with E-state index in [0.29, 0.717) is 22.4 Å². The Kier molecular flexibility index (Phi) is 7.54. The number of rotatable bonds is 7. The van der Waals surface area contributed by atoms with Gasteiger partial charge in [-0.2, -0.15) is 0 Å². The van der Waals surface area contributed by atoms with E-state index < -0.39 is 16.1 Å². The van der Waals surface area contributed by atoms with Crippen molar-refractivity contribution in [3.63, 3.8) is 0 Å². The molecule has 0 unspecified atom stereocenters. The van der Waals surface area contributed by atoms with Gasteiger partial charge in [-0.3, -0.25) is 0 Å². The van der Waals surface area contributed by atoms with Gasteiger partial charge in [0.1, 0.15) is 5.75 Å². The number of hydrogen-bond acceptors (Lipinski definition) is 6. The van der Waals surface area contributed by atoms with Gasteiger partial charge in [-0.25, -0.2) is 18.4 Å². The third-order valence-corrected chi connectivity index (χ3v) is 6.07. The van der Waals surface area contributed by atoms with E-state index in [4.69, 9.17) is 20.8 Å². The molecule has 5 N–H and O–H groups in total. The first-order chi connectivity index (χ1) is 16.1. The van der Waals surface area contributed by atoms with Crippen LogP contribution in [0.25, 0.3) is 11.1 Å². The average molecular weight is 483 g/mol. The van der Waals surface area contributed by atoms with E-state index in [0.717, 1.165) is 5.56 Å². The molecule has 0 saturated carbocycles. The smallest absolute Gasteiger partial charge is 0.410 e. The highest BCUT2D eigenvalue weighted by atomic mass is 32.2. The van der Waals surface area contributed by atoms with Gasteiger partial charge in [-0.1, -0.05) is 53.7 Å².